The van der Waals surface area contributed by atoms with E-state index in [1.54, 1.807) is 6.20 Å². The molecule has 1 aliphatic heterocycles. The van der Waals surface area contributed by atoms with Gasteiger partial charge in [-0.2, -0.15) is 5.10 Å². The highest BCUT2D eigenvalue weighted by Gasteiger charge is 2.51. The lowest BCUT2D eigenvalue weighted by atomic mass is 10.0. The van der Waals surface area contributed by atoms with Gasteiger partial charge >= 0.3 is 0 Å². The van der Waals surface area contributed by atoms with Crippen molar-refractivity contribution in [2.75, 3.05) is 19.8 Å². The topological polar surface area (TPSA) is 65.4 Å². The Hall–Kier alpha value is -1.66. The van der Waals surface area contributed by atoms with E-state index in [1.165, 1.54) is 5.57 Å². The number of hydrogen-bond acceptors (Lipinski definition) is 4. The fourth-order valence-corrected chi connectivity index (χ4v) is 3.02. The van der Waals surface area contributed by atoms with E-state index < -0.39 is 0 Å². The zero-order valence-electron chi connectivity index (χ0n) is 14.5. The van der Waals surface area contributed by atoms with E-state index >= 15 is 0 Å². The summed E-state index contributed by atoms with van der Waals surface area (Å²) in [5, 5.41) is 7.39. The summed E-state index contributed by atoms with van der Waals surface area (Å²) < 4.78 is 13.3. The van der Waals surface area contributed by atoms with Gasteiger partial charge in [0.15, 0.2) is 0 Å². The monoisotopic (exact) mass is 333 g/mol. The second kappa shape index (κ2) is 7.49. The van der Waals surface area contributed by atoms with E-state index in [-0.39, 0.29) is 23.5 Å². The van der Waals surface area contributed by atoms with Crippen LogP contribution in [-0.4, -0.2) is 47.7 Å². The van der Waals surface area contributed by atoms with Gasteiger partial charge in [-0.05, 0) is 39.2 Å². The highest BCUT2D eigenvalue weighted by atomic mass is 16.5. The Balaban J connectivity index is 1.56. The average Bonchev–Trinajstić information content (AvgIpc) is 3.15. The van der Waals surface area contributed by atoms with Gasteiger partial charge in [0.1, 0.15) is 0 Å². The van der Waals surface area contributed by atoms with Crippen LogP contribution in [0.4, 0.5) is 0 Å². The number of hydrogen-bond donors (Lipinski definition) is 1. The maximum atomic E-state index is 12.8. The van der Waals surface area contributed by atoms with Gasteiger partial charge in [-0.3, -0.25) is 9.48 Å². The average molecular weight is 333 g/mol. The molecule has 1 aromatic heterocycles. The van der Waals surface area contributed by atoms with Crippen LogP contribution in [0, 0.1) is 5.41 Å². The number of allylic oxidation sites excluding steroid dienone is 1. The molecule has 0 spiro atoms. The van der Waals surface area contributed by atoms with Crippen LogP contribution in [0.25, 0.3) is 0 Å². The molecule has 0 unspecified atom stereocenters. The first kappa shape index (κ1) is 17.2. The first-order valence-electron chi connectivity index (χ1n) is 8.70. The second-order valence-electron chi connectivity index (χ2n) is 7.08. The molecule has 132 valence electrons. The molecule has 2 fully saturated rings. The van der Waals surface area contributed by atoms with E-state index in [1.807, 2.05) is 16.9 Å². The number of amides is 1. The van der Waals surface area contributed by atoms with Gasteiger partial charge in [0, 0.05) is 19.0 Å². The Morgan fingerprint density at radius 1 is 1.50 bits per heavy atom. The normalized spacial score (nSPS) is 25.1. The Bertz CT molecular complexity index is 574. The minimum atomic E-state index is -0.312. The number of carbonyl (C=O) groups is 1. The molecular weight excluding hydrogens is 306 g/mol. The van der Waals surface area contributed by atoms with Crippen LogP contribution in [0.15, 0.2) is 30.1 Å². The summed E-state index contributed by atoms with van der Waals surface area (Å²) in [7, 11) is 0. The minimum Gasteiger partial charge on any atom is -0.379 e. The van der Waals surface area contributed by atoms with Crippen molar-refractivity contribution >= 4 is 5.91 Å². The zero-order chi connectivity index (χ0) is 17.0. The number of nitrogens with one attached hydrogen (secondary N) is 1. The van der Waals surface area contributed by atoms with E-state index in [4.69, 9.17) is 9.47 Å². The molecule has 2 heterocycles. The van der Waals surface area contributed by atoms with Gasteiger partial charge in [0.05, 0.1) is 37.3 Å². The quantitative estimate of drug-likeness (QED) is 0.774. The van der Waals surface area contributed by atoms with Crippen LogP contribution in [0.5, 0.6) is 0 Å². The third kappa shape index (κ3) is 4.24. The fourth-order valence-electron chi connectivity index (χ4n) is 3.02. The smallest absolute Gasteiger partial charge is 0.228 e. The number of nitrogens with zero attached hydrogens (tertiary/aromatic N) is 2. The van der Waals surface area contributed by atoms with Gasteiger partial charge in [0.25, 0.3) is 0 Å². The maximum absolute atomic E-state index is 12.8. The molecule has 24 heavy (non-hydrogen) atoms. The van der Waals surface area contributed by atoms with E-state index in [0.717, 1.165) is 19.3 Å². The summed E-state index contributed by atoms with van der Waals surface area (Å²) in [5.74, 6) is 0.101. The Morgan fingerprint density at radius 3 is 3.00 bits per heavy atom. The maximum Gasteiger partial charge on any atom is 0.228 e. The van der Waals surface area contributed by atoms with Crippen molar-refractivity contribution < 1.29 is 14.3 Å². The van der Waals surface area contributed by atoms with Crippen molar-refractivity contribution in [2.24, 2.45) is 5.41 Å². The van der Waals surface area contributed by atoms with Gasteiger partial charge in [-0.25, -0.2) is 0 Å². The summed E-state index contributed by atoms with van der Waals surface area (Å²) in [6, 6.07) is 1.81. The second-order valence-corrected chi connectivity index (χ2v) is 7.08. The van der Waals surface area contributed by atoms with Crippen LogP contribution in [0.2, 0.25) is 0 Å². The van der Waals surface area contributed by atoms with Crippen LogP contribution < -0.4 is 5.32 Å². The SMILES string of the molecule is CC(C)=CCO[C@H]1CCOC[C@H]1NC(=O)C1(Cn2cccn2)CC1. The van der Waals surface area contributed by atoms with Crippen molar-refractivity contribution in [1.82, 2.24) is 15.1 Å². The van der Waals surface area contributed by atoms with Gasteiger partial charge in [-0.1, -0.05) is 11.6 Å². The first-order chi connectivity index (χ1) is 11.6. The molecule has 0 radical (unpaired) electrons. The summed E-state index contributed by atoms with van der Waals surface area (Å²) in [6.45, 7) is 6.53. The molecule has 1 amide bonds. The lowest BCUT2D eigenvalue weighted by Gasteiger charge is -2.33. The Morgan fingerprint density at radius 2 is 2.33 bits per heavy atom. The summed E-state index contributed by atoms with van der Waals surface area (Å²) in [4.78, 5) is 12.8. The molecule has 2 aliphatic rings. The van der Waals surface area contributed by atoms with Crippen LogP contribution >= 0.6 is 0 Å². The molecule has 0 aromatic carbocycles. The number of aromatic nitrogens is 2. The number of rotatable bonds is 7. The van der Waals surface area contributed by atoms with Crippen molar-refractivity contribution in [2.45, 2.75) is 51.8 Å². The van der Waals surface area contributed by atoms with E-state index in [9.17, 15) is 4.79 Å². The fraction of sp³-hybridized carbons (Fsp3) is 0.667. The van der Waals surface area contributed by atoms with Crippen molar-refractivity contribution in [3.63, 3.8) is 0 Å². The van der Waals surface area contributed by atoms with Crippen LogP contribution in [0.3, 0.4) is 0 Å². The molecule has 2 atom stereocenters. The third-order valence-corrected chi connectivity index (χ3v) is 4.77. The van der Waals surface area contributed by atoms with Crippen molar-refractivity contribution in [3.8, 4) is 0 Å². The van der Waals surface area contributed by atoms with Gasteiger partial charge in [0.2, 0.25) is 5.91 Å². The summed E-state index contributed by atoms with van der Waals surface area (Å²) in [5.41, 5.74) is 0.923. The first-order valence-corrected chi connectivity index (χ1v) is 8.70. The highest BCUT2D eigenvalue weighted by Crippen LogP contribution is 2.47. The van der Waals surface area contributed by atoms with E-state index in [2.05, 4.69) is 30.3 Å². The van der Waals surface area contributed by atoms with Gasteiger partial charge in [-0.15, -0.1) is 0 Å². The van der Waals surface area contributed by atoms with E-state index in [0.29, 0.717) is 26.4 Å². The number of ether oxygens (including phenoxy) is 2. The third-order valence-electron chi connectivity index (χ3n) is 4.77. The molecule has 6 nitrogen and oxygen atoms in total. The molecule has 1 saturated carbocycles. The minimum absolute atomic E-state index is 0.0128. The Kier molecular flexibility index (Phi) is 5.36. The standard InChI is InChI=1S/C18H27N3O3/c1-14(2)4-11-24-16-5-10-23-12-15(16)20-17(22)18(6-7-18)13-21-9-3-8-19-21/h3-4,8-9,15-16H,5-7,10-13H2,1-2H3,(H,20,22)/t15-,16+/m1/s1. The predicted molar refractivity (Wildman–Crippen MR) is 90.4 cm³/mol. The molecule has 1 aliphatic carbocycles. The predicted octanol–water partition coefficient (Wildman–Crippen LogP) is 1.92. The zero-order valence-corrected chi connectivity index (χ0v) is 14.5. The number of carbonyl (C=O) groups excluding carboxylic acids is 1. The summed E-state index contributed by atoms with van der Waals surface area (Å²) >= 11 is 0. The van der Waals surface area contributed by atoms with Crippen molar-refractivity contribution in [3.05, 3.63) is 30.1 Å². The molecule has 1 N–H and O–H groups in total. The molecule has 1 saturated heterocycles. The lowest BCUT2D eigenvalue weighted by Crippen LogP contribution is -2.52. The molecule has 0 bridgehead atoms. The highest BCUT2D eigenvalue weighted by molar-refractivity contribution is 5.85. The lowest BCUT2D eigenvalue weighted by molar-refractivity contribution is -0.131. The van der Waals surface area contributed by atoms with Crippen LogP contribution in [-0.2, 0) is 20.8 Å². The van der Waals surface area contributed by atoms with Crippen LogP contribution in [0.1, 0.15) is 33.1 Å². The molecule has 1 aromatic rings. The molecule has 3 rings (SSSR count). The molecule has 6 heteroatoms. The summed E-state index contributed by atoms with van der Waals surface area (Å²) in [6.07, 6.45) is 8.37. The van der Waals surface area contributed by atoms with Gasteiger partial charge < -0.3 is 14.8 Å². The largest absolute Gasteiger partial charge is 0.379 e. The Labute approximate surface area is 143 Å². The van der Waals surface area contributed by atoms with Crippen molar-refractivity contribution in [1.29, 1.82) is 0 Å². The molecular formula is C18H27N3O3.